The van der Waals surface area contributed by atoms with Crippen LogP contribution in [0.1, 0.15) is 31.4 Å². The summed E-state index contributed by atoms with van der Waals surface area (Å²) in [5.41, 5.74) is 0.512. The molecule has 0 heterocycles. The fourth-order valence-electron chi connectivity index (χ4n) is 2.82. The minimum atomic E-state index is -1.05. The third-order valence-electron chi connectivity index (χ3n) is 4.85. The van der Waals surface area contributed by atoms with E-state index in [0.717, 1.165) is 5.56 Å². The molecule has 0 aromatic heterocycles. The van der Waals surface area contributed by atoms with Gasteiger partial charge >= 0.3 is 0 Å². The van der Waals surface area contributed by atoms with Gasteiger partial charge in [-0.25, -0.2) is 4.39 Å². The minimum Gasteiger partial charge on any atom is -0.395 e. The molecule has 0 aliphatic carbocycles. The highest BCUT2D eigenvalue weighted by Crippen LogP contribution is 2.19. The number of carbonyl (C=O) groups is 2. The molecular formula is C23H26ClFN2O3. The van der Waals surface area contributed by atoms with Crippen molar-refractivity contribution in [2.24, 2.45) is 11.3 Å². The van der Waals surface area contributed by atoms with Crippen molar-refractivity contribution in [2.45, 2.75) is 33.1 Å². The largest absolute Gasteiger partial charge is 0.395 e. The van der Waals surface area contributed by atoms with Gasteiger partial charge in [-0.2, -0.15) is 0 Å². The lowest BCUT2D eigenvalue weighted by Gasteiger charge is -2.24. The predicted molar refractivity (Wildman–Crippen MR) is 115 cm³/mol. The Kier molecular flexibility index (Phi) is 8.26. The first kappa shape index (κ1) is 23.7. The molecule has 0 saturated heterocycles. The Morgan fingerprint density at radius 2 is 1.67 bits per heavy atom. The molecule has 1 amide bonds. The first-order valence-corrected chi connectivity index (χ1v) is 10.00. The van der Waals surface area contributed by atoms with E-state index in [9.17, 15) is 19.1 Å². The van der Waals surface area contributed by atoms with Crippen LogP contribution < -0.4 is 5.32 Å². The van der Waals surface area contributed by atoms with Crippen molar-refractivity contribution in [2.75, 3.05) is 6.61 Å². The van der Waals surface area contributed by atoms with Gasteiger partial charge in [-0.15, -0.1) is 0 Å². The second-order valence-electron chi connectivity index (χ2n) is 7.98. The maximum Gasteiger partial charge on any atom is 0.233 e. The summed E-state index contributed by atoms with van der Waals surface area (Å²) in [6.45, 7) is 2.78. The summed E-state index contributed by atoms with van der Waals surface area (Å²) in [7, 11) is 0. The van der Waals surface area contributed by atoms with E-state index < -0.39 is 17.2 Å². The maximum absolute atomic E-state index is 13.1. The standard InChI is InChI=1S/C23H26ClFN2O3/c1-23(2,14-28)22(30)27-21(26)17(11-15-3-7-18(24)8-4-15)13-20(29)12-16-5-9-19(25)10-6-16/h3-10,17,28H,11-14H2,1-2H3,(H2,26,27,30)/t17-/m1/s1. The maximum atomic E-state index is 13.1. The van der Waals surface area contributed by atoms with Crippen molar-refractivity contribution in [3.63, 3.8) is 0 Å². The average molecular weight is 433 g/mol. The van der Waals surface area contributed by atoms with Crippen LogP contribution >= 0.6 is 11.6 Å². The van der Waals surface area contributed by atoms with Crippen molar-refractivity contribution in [3.05, 3.63) is 70.5 Å². The van der Waals surface area contributed by atoms with Crippen molar-refractivity contribution < 1.29 is 19.1 Å². The molecule has 0 aliphatic rings. The van der Waals surface area contributed by atoms with Crippen LogP contribution in [0.2, 0.25) is 5.02 Å². The monoisotopic (exact) mass is 432 g/mol. The van der Waals surface area contributed by atoms with Crippen LogP contribution in [0, 0.1) is 22.6 Å². The van der Waals surface area contributed by atoms with Crippen LogP contribution in [0.5, 0.6) is 0 Å². The van der Waals surface area contributed by atoms with Gasteiger partial charge in [0.15, 0.2) is 0 Å². The number of carbonyl (C=O) groups excluding carboxylic acids is 2. The smallest absolute Gasteiger partial charge is 0.233 e. The normalized spacial score (nSPS) is 12.3. The summed E-state index contributed by atoms with van der Waals surface area (Å²) in [4.78, 5) is 25.0. The van der Waals surface area contributed by atoms with E-state index in [1.165, 1.54) is 12.1 Å². The molecule has 3 N–H and O–H groups in total. The number of halogens is 2. The molecule has 1 atom stereocenters. The molecule has 5 nitrogen and oxygen atoms in total. The van der Waals surface area contributed by atoms with E-state index >= 15 is 0 Å². The minimum absolute atomic E-state index is 0.0403. The Morgan fingerprint density at radius 1 is 1.10 bits per heavy atom. The van der Waals surface area contributed by atoms with Gasteiger partial charge in [-0.3, -0.25) is 15.0 Å². The number of benzene rings is 2. The molecule has 2 aromatic carbocycles. The topological polar surface area (TPSA) is 90.2 Å². The summed E-state index contributed by atoms with van der Waals surface area (Å²) in [5.74, 6) is -1.62. The van der Waals surface area contributed by atoms with Crippen LogP contribution in [0.15, 0.2) is 48.5 Å². The Bertz CT molecular complexity index is 896. The second-order valence-corrected chi connectivity index (χ2v) is 8.42. The van der Waals surface area contributed by atoms with E-state index in [4.69, 9.17) is 17.0 Å². The molecule has 0 radical (unpaired) electrons. The Balaban J connectivity index is 2.14. The van der Waals surface area contributed by atoms with Crippen LogP contribution in [0.3, 0.4) is 0 Å². The molecule has 0 aliphatic heterocycles. The number of nitrogens with one attached hydrogen (secondary N) is 2. The predicted octanol–water partition coefficient (Wildman–Crippen LogP) is 3.95. The number of aliphatic hydroxyl groups excluding tert-OH is 1. The van der Waals surface area contributed by atoms with E-state index in [-0.39, 0.29) is 36.9 Å². The molecule has 0 bridgehead atoms. The zero-order chi connectivity index (χ0) is 22.3. The average Bonchev–Trinajstić information content (AvgIpc) is 2.70. The number of rotatable bonds is 9. The molecule has 2 rings (SSSR count). The van der Waals surface area contributed by atoms with Crippen LogP contribution in [-0.4, -0.2) is 29.2 Å². The van der Waals surface area contributed by atoms with Gasteiger partial charge in [0, 0.05) is 23.8 Å². The van der Waals surface area contributed by atoms with Gasteiger partial charge in [-0.05, 0) is 55.7 Å². The Hall–Kier alpha value is -2.57. The van der Waals surface area contributed by atoms with Crippen molar-refractivity contribution >= 4 is 29.1 Å². The number of hydrogen-bond acceptors (Lipinski definition) is 4. The van der Waals surface area contributed by atoms with E-state index in [2.05, 4.69) is 5.32 Å². The summed E-state index contributed by atoms with van der Waals surface area (Å²) >= 11 is 5.93. The highest BCUT2D eigenvalue weighted by molar-refractivity contribution is 6.30. The van der Waals surface area contributed by atoms with Gasteiger partial charge in [-0.1, -0.05) is 35.9 Å². The number of ketones is 1. The lowest BCUT2D eigenvalue weighted by Crippen LogP contribution is -2.45. The first-order chi connectivity index (χ1) is 14.1. The van der Waals surface area contributed by atoms with Crippen LogP contribution in [0.25, 0.3) is 0 Å². The van der Waals surface area contributed by atoms with Crippen molar-refractivity contribution in [1.29, 1.82) is 5.41 Å². The lowest BCUT2D eigenvalue weighted by molar-refractivity contribution is -0.130. The zero-order valence-corrected chi connectivity index (χ0v) is 17.8. The van der Waals surface area contributed by atoms with E-state index in [1.54, 1.807) is 38.1 Å². The zero-order valence-electron chi connectivity index (χ0n) is 17.0. The molecule has 2 aromatic rings. The highest BCUT2D eigenvalue weighted by Gasteiger charge is 2.29. The second kappa shape index (κ2) is 10.5. The molecule has 0 saturated carbocycles. The summed E-state index contributed by atoms with van der Waals surface area (Å²) < 4.78 is 13.1. The molecule has 0 unspecified atom stereocenters. The van der Waals surface area contributed by atoms with Gasteiger partial charge in [0.1, 0.15) is 17.4 Å². The van der Waals surface area contributed by atoms with E-state index in [1.807, 2.05) is 12.1 Å². The third-order valence-corrected chi connectivity index (χ3v) is 5.10. The SMILES string of the molecule is CC(C)(CO)C(=O)NC(=N)[C@@H](CC(=O)Cc1ccc(F)cc1)Cc1ccc(Cl)cc1. The molecule has 160 valence electrons. The first-order valence-electron chi connectivity index (χ1n) is 9.62. The number of amides is 1. The van der Waals surface area contributed by atoms with Gasteiger partial charge < -0.3 is 10.4 Å². The fourth-order valence-corrected chi connectivity index (χ4v) is 2.95. The van der Waals surface area contributed by atoms with Crippen LogP contribution in [0.4, 0.5) is 4.39 Å². The summed E-state index contributed by atoms with van der Waals surface area (Å²) in [6, 6.07) is 12.8. The number of aliphatic hydroxyl groups is 1. The lowest BCUT2D eigenvalue weighted by atomic mass is 9.89. The molecule has 0 spiro atoms. The number of hydrogen-bond donors (Lipinski definition) is 3. The third kappa shape index (κ3) is 7.04. The summed E-state index contributed by atoms with van der Waals surface area (Å²) in [5, 5.41) is 20.9. The van der Waals surface area contributed by atoms with Gasteiger partial charge in [0.05, 0.1) is 12.0 Å². The highest BCUT2D eigenvalue weighted by atomic mass is 35.5. The fraction of sp³-hybridized carbons (Fsp3) is 0.348. The molecular weight excluding hydrogens is 407 g/mol. The molecule has 0 fully saturated rings. The van der Waals surface area contributed by atoms with Gasteiger partial charge in [0.25, 0.3) is 0 Å². The van der Waals surface area contributed by atoms with Gasteiger partial charge in [0.2, 0.25) is 5.91 Å². The van der Waals surface area contributed by atoms with E-state index in [0.29, 0.717) is 17.0 Å². The number of amidine groups is 1. The molecule has 30 heavy (non-hydrogen) atoms. The molecule has 7 heteroatoms. The van der Waals surface area contributed by atoms with Crippen molar-refractivity contribution in [3.8, 4) is 0 Å². The quantitative estimate of drug-likeness (QED) is 0.414. The Labute approximate surface area is 180 Å². The van der Waals surface area contributed by atoms with Crippen LogP contribution in [-0.2, 0) is 22.4 Å². The Morgan fingerprint density at radius 3 is 2.23 bits per heavy atom. The number of Topliss-reactive ketones (excluding diaryl/α,β-unsaturated/α-hetero) is 1. The summed E-state index contributed by atoms with van der Waals surface area (Å²) in [6.07, 6.45) is 0.518. The van der Waals surface area contributed by atoms with Crippen molar-refractivity contribution in [1.82, 2.24) is 5.32 Å².